The third-order valence-electron chi connectivity index (χ3n) is 1.77. The van der Waals surface area contributed by atoms with E-state index >= 15 is 0 Å². The highest BCUT2D eigenvalue weighted by Crippen LogP contribution is 2.23. The van der Waals surface area contributed by atoms with Crippen LogP contribution in [0.1, 0.15) is 25.7 Å². The van der Waals surface area contributed by atoms with E-state index in [9.17, 15) is 13.2 Å². The van der Waals surface area contributed by atoms with E-state index in [1.807, 2.05) is 0 Å². The molecule has 8 heteroatoms. The van der Waals surface area contributed by atoms with E-state index in [0.717, 1.165) is 0 Å². The molecule has 3 N–H and O–H groups in total. The summed E-state index contributed by atoms with van der Waals surface area (Å²) in [5.41, 5.74) is 0. The number of halogens is 3. The Kier molecular flexibility index (Phi) is 6.91. The monoisotopic (exact) mass is 230 g/mol. The first-order valence-corrected chi connectivity index (χ1v) is 4.56. The van der Waals surface area contributed by atoms with Crippen LogP contribution in [0.4, 0.5) is 13.2 Å². The molecular formula is C7H14BF3O4. The summed E-state index contributed by atoms with van der Waals surface area (Å²) in [5.74, 6) is 0. The third-order valence-corrected chi connectivity index (χ3v) is 1.77. The number of rotatable bonds is 7. The minimum atomic E-state index is -4.56. The topological polar surface area (TPSA) is 69.9 Å². The Labute approximate surface area is 85.8 Å². The quantitative estimate of drug-likeness (QED) is 0.438. The molecule has 0 aromatic carbocycles. The Morgan fingerprint density at radius 1 is 1.13 bits per heavy atom. The third kappa shape index (κ3) is 8.67. The van der Waals surface area contributed by atoms with Crippen LogP contribution in [-0.4, -0.2) is 41.4 Å². The van der Waals surface area contributed by atoms with Gasteiger partial charge in [-0.2, -0.15) is 13.2 Å². The molecule has 90 valence electrons. The molecule has 0 fully saturated rings. The second-order valence-corrected chi connectivity index (χ2v) is 3.10. The summed E-state index contributed by atoms with van der Waals surface area (Å²) in [4.78, 5) is 0. The van der Waals surface area contributed by atoms with Gasteiger partial charge >= 0.3 is 13.5 Å². The van der Waals surface area contributed by atoms with Crippen LogP contribution in [0.3, 0.4) is 0 Å². The maximum atomic E-state index is 11.8. The summed E-state index contributed by atoms with van der Waals surface area (Å²) in [6.07, 6.45) is -6.11. The smallest absolute Gasteiger partial charge is 0.402 e. The summed E-state index contributed by atoms with van der Waals surface area (Å²) in [7, 11) is -1.84. The van der Waals surface area contributed by atoms with Crippen LogP contribution in [0.5, 0.6) is 0 Å². The number of hydrogen-bond donors (Lipinski definition) is 3. The number of aliphatic hydroxyl groups is 1. The maximum absolute atomic E-state index is 11.8. The molecule has 0 spiro atoms. The number of aliphatic hydroxyl groups excluding tert-OH is 1. The van der Waals surface area contributed by atoms with Crippen LogP contribution in [0.2, 0.25) is 0 Å². The SMILES string of the molecule is OB(O)OCCCCCC(O)C(F)(F)F. The highest BCUT2D eigenvalue weighted by molar-refractivity contribution is 6.32. The Morgan fingerprint density at radius 2 is 1.73 bits per heavy atom. The molecule has 1 atom stereocenters. The van der Waals surface area contributed by atoms with Crippen molar-refractivity contribution in [2.45, 2.75) is 38.0 Å². The second kappa shape index (κ2) is 7.05. The summed E-state index contributed by atoms with van der Waals surface area (Å²) in [6.45, 7) is 0.0692. The lowest BCUT2D eigenvalue weighted by Gasteiger charge is -2.13. The zero-order chi connectivity index (χ0) is 11.9. The standard InChI is InChI=1S/C7H14BF3O4/c9-7(10,11)6(12)4-2-1-3-5-15-8(13)14/h6,12-14H,1-5H2. The number of unbranched alkanes of at least 4 members (excludes halogenated alkanes) is 2. The van der Waals surface area contributed by atoms with Gasteiger partial charge in [0.05, 0.1) is 0 Å². The summed E-state index contributed by atoms with van der Waals surface area (Å²) in [6, 6.07) is 0. The van der Waals surface area contributed by atoms with E-state index in [-0.39, 0.29) is 19.4 Å². The first-order valence-electron chi connectivity index (χ1n) is 4.56. The molecule has 0 bridgehead atoms. The molecule has 0 saturated heterocycles. The van der Waals surface area contributed by atoms with Gasteiger partial charge < -0.3 is 19.8 Å². The largest absolute Gasteiger partial charge is 0.633 e. The molecule has 0 amide bonds. The summed E-state index contributed by atoms with van der Waals surface area (Å²) < 4.78 is 39.7. The van der Waals surface area contributed by atoms with Gasteiger partial charge in [-0.1, -0.05) is 12.8 Å². The van der Waals surface area contributed by atoms with E-state index < -0.39 is 19.6 Å². The lowest BCUT2D eigenvalue weighted by atomic mass is 10.1. The first-order chi connectivity index (χ1) is 6.84. The van der Waals surface area contributed by atoms with Crippen LogP contribution >= 0.6 is 0 Å². The van der Waals surface area contributed by atoms with Crippen molar-refractivity contribution >= 4 is 7.32 Å². The van der Waals surface area contributed by atoms with E-state index in [1.54, 1.807) is 0 Å². The van der Waals surface area contributed by atoms with Crippen molar-refractivity contribution in [2.24, 2.45) is 0 Å². The molecule has 0 aromatic rings. The molecule has 0 saturated carbocycles. The molecule has 1 unspecified atom stereocenters. The van der Waals surface area contributed by atoms with E-state index in [0.29, 0.717) is 12.8 Å². The zero-order valence-electron chi connectivity index (χ0n) is 8.07. The Morgan fingerprint density at radius 3 is 2.20 bits per heavy atom. The van der Waals surface area contributed by atoms with Gasteiger partial charge in [0.1, 0.15) is 6.10 Å². The molecule has 0 rings (SSSR count). The Balaban J connectivity index is 3.32. The van der Waals surface area contributed by atoms with Gasteiger partial charge in [0, 0.05) is 6.61 Å². The lowest BCUT2D eigenvalue weighted by molar-refractivity contribution is -0.205. The van der Waals surface area contributed by atoms with E-state index in [2.05, 4.69) is 4.65 Å². The first kappa shape index (κ1) is 14.7. The molecule has 4 nitrogen and oxygen atoms in total. The minimum absolute atomic E-state index is 0.0692. The van der Waals surface area contributed by atoms with Crippen LogP contribution in [-0.2, 0) is 4.65 Å². The van der Waals surface area contributed by atoms with E-state index in [4.69, 9.17) is 15.2 Å². The van der Waals surface area contributed by atoms with Crippen molar-refractivity contribution in [3.63, 3.8) is 0 Å². The van der Waals surface area contributed by atoms with Gasteiger partial charge in [-0.05, 0) is 12.8 Å². The molecule has 0 heterocycles. The van der Waals surface area contributed by atoms with Crippen molar-refractivity contribution in [3.05, 3.63) is 0 Å². The zero-order valence-corrected chi connectivity index (χ0v) is 8.07. The van der Waals surface area contributed by atoms with Gasteiger partial charge in [-0.15, -0.1) is 0 Å². The van der Waals surface area contributed by atoms with Crippen LogP contribution in [0.25, 0.3) is 0 Å². The highest BCUT2D eigenvalue weighted by Gasteiger charge is 2.37. The Hall–Kier alpha value is -0.305. The molecule has 15 heavy (non-hydrogen) atoms. The Bertz CT molecular complexity index is 165. The lowest BCUT2D eigenvalue weighted by Crippen LogP contribution is -2.28. The normalized spacial score (nSPS) is 14.0. The molecule has 0 aromatic heterocycles. The minimum Gasteiger partial charge on any atom is -0.402 e. The number of hydrogen-bond acceptors (Lipinski definition) is 4. The van der Waals surface area contributed by atoms with Gasteiger partial charge in [0.15, 0.2) is 0 Å². The average molecular weight is 230 g/mol. The fraction of sp³-hybridized carbons (Fsp3) is 1.00. The van der Waals surface area contributed by atoms with Crippen molar-refractivity contribution in [1.82, 2.24) is 0 Å². The van der Waals surface area contributed by atoms with Crippen molar-refractivity contribution < 1.29 is 33.0 Å². The molecule has 0 radical (unpaired) electrons. The summed E-state index contributed by atoms with van der Waals surface area (Å²) >= 11 is 0. The maximum Gasteiger partial charge on any atom is 0.633 e. The predicted molar refractivity (Wildman–Crippen MR) is 46.7 cm³/mol. The van der Waals surface area contributed by atoms with Crippen molar-refractivity contribution in [1.29, 1.82) is 0 Å². The van der Waals surface area contributed by atoms with Gasteiger partial charge in [-0.25, -0.2) is 0 Å². The molecule has 0 aliphatic rings. The predicted octanol–water partition coefficient (Wildman–Crippen LogP) is 0.456. The van der Waals surface area contributed by atoms with Crippen LogP contribution in [0.15, 0.2) is 0 Å². The molecule has 0 aliphatic carbocycles. The fourth-order valence-corrected chi connectivity index (χ4v) is 0.969. The van der Waals surface area contributed by atoms with Crippen LogP contribution in [0, 0.1) is 0 Å². The molecular weight excluding hydrogens is 216 g/mol. The van der Waals surface area contributed by atoms with Crippen LogP contribution < -0.4 is 0 Å². The summed E-state index contributed by atoms with van der Waals surface area (Å²) in [5, 5.41) is 25.1. The fourth-order valence-electron chi connectivity index (χ4n) is 0.969. The highest BCUT2D eigenvalue weighted by atomic mass is 19.4. The number of alkyl halides is 3. The average Bonchev–Trinajstić information content (AvgIpc) is 2.08. The van der Waals surface area contributed by atoms with Crippen molar-refractivity contribution in [2.75, 3.05) is 6.61 Å². The second-order valence-electron chi connectivity index (χ2n) is 3.10. The van der Waals surface area contributed by atoms with Gasteiger partial charge in [0.25, 0.3) is 0 Å². The van der Waals surface area contributed by atoms with Gasteiger partial charge in [-0.3, -0.25) is 0 Å². The van der Waals surface area contributed by atoms with E-state index in [1.165, 1.54) is 0 Å². The molecule has 0 aliphatic heterocycles. The van der Waals surface area contributed by atoms with Gasteiger partial charge in [0.2, 0.25) is 0 Å². The van der Waals surface area contributed by atoms with Crippen molar-refractivity contribution in [3.8, 4) is 0 Å².